The molecule has 1 amide bonds. The van der Waals surface area contributed by atoms with Crippen LogP contribution in [0.15, 0.2) is 42.5 Å². The minimum Gasteiger partial charge on any atom is -0.497 e. The lowest BCUT2D eigenvalue weighted by atomic mass is 10.1. The summed E-state index contributed by atoms with van der Waals surface area (Å²) < 4.78 is 36.5. The van der Waals surface area contributed by atoms with Crippen molar-refractivity contribution in [3.8, 4) is 11.5 Å². The van der Waals surface area contributed by atoms with Gasteiger partial charge in [-0.2, -0.15) is 0 Å². The fraction of sp³-hybridized carbons (Fsp3) is 0.350. The molecule has 152 valence electrons. The summed E-state index contributed by atoms with van der Waals surface area (Å²) >= 11 is 0. The number of sulfonamides is 1. The molecule has 7 nitrogen and oxygen atoms in total. The topological polar surface area (TPSA) is 84.9 Å². The number of methoxy groups -OCH3 is 2. The van der Waals surface area contributed by atoms with Crippen LogP contribution in [0.2, 0.25) is 0 Å². The second-order valence-electron chi connectivity index (χ2n) is 6.48. The largest absolute Gasteiger partial charge is 0.497 e. The molecule has 0 bridgehead atoms. The third-order valence-corrected chi connectivity index (χ3v) is 5.53. The van der Waals surface area contributed by atoms with E-state index in [0.717, 1.165) is 21.7 Å². The molecule has 0 saturated heterocycles. The van der Waals surface area contributed by atoms with Gasteiger partial charge in [-0.05, 0) is 31.5 Å². The molecule has 0 aliphatic carbocycles. The van der Waals surface area contributed by atoms with Crippen molar-refractivity contribution < 1.29 is 22.7 Å². The zero-order chi connectivity index (χ0) is 20.9. The Morgan fingerprint density at radius 3 is 2.29 bits per heavy atom. The minimum absolute atomic E-state index is 0.238. The van der Waals surface area contributed by atoms with E-state index in [-0.39, 0.29) is 5.69 Å². The Morgan fingerprint density at radius 1 is 1.11 bits per heavy atom. The molecule has 0 saturated carbocycles. The van der Waals surface area contributed by atoms with Gasteiger partial charge in [0, 0.05) is 12.6 Å². The fourth-order valence-corrected chi connectivity index (χ4v) is 3.96. The van der Waals surface area contributed by atoms with Crippen LogP contribution in [0, 0.1) is 6.92 Å². The van der Waals surface area contributed by atoms with Crippen LogP contribution in [0.5, 0.6) is 11.5 Å². The number of carbonyl (C=O) groups is 1. The minimum atomic E-state index is -3.77. The second-order valence-corrected chi connectivity index (χ2v) is 8.34. The van der Waals surface area contributed by atoms with Crippen molar-refractivity contribution in [1.29, 1.82) is 0 Å². The summed E-state index contributed by atoms with van der Waals surface area (Å²) in [5, 5.41) is 2.79. The Kier molecular flexibility index (Phi) is 6.90. The third-order valence-electron chi connectivity index (χ3n) is 4.30. The fourth-order valence-electron chi connectivity index (χ4n) is 2.79. The first kappa shape index (κ1) is 21.6. The SMILES string of the molecule is COc1ccc(OC)c(N([C@@H](C)C(=O)NCc2ccc(C)cc2)S(C)(=O)=O)c1. The maximum Gasteiger partial charge on any atom is 0.243 e. The molecule has 0 aliphatic rings. The number of benzene rings is 2. The monoisotopic (exact) mass is 406 g/mol. The van der Waals surface area contributed by atoms with Crippen LogP contribution in [-0.4, -0.2) is 40.8 Å². The van der Waals surface area contributed by atoms with E-state index in [1.807, 2.05) is 31.2 Å². The van der Waals surface area contributed by atoms with Crippen LogP contribution in [0.25, 0.3) is 0 Å². The molecule has 8 heteroatoms. The Morgan fingerprint density at radius 2 is 1.75 bits per heavy atom. The van der Waals surface area contributed by atoms with E-state index in [9.17, 15) is 13.2 Å². The molecular formula is C20H26N2O5S. The second kappa shape index (κ2) is 8.97. The summed E-state index contributed by atoms with van der Waals surface area (Å²) in [4.78, 5) is 12.7. The number of aryl methyl sites for hydroxylation is 1. The highest BCUT2D eigenvalue weighted by Crippen LogP contribution is 2.35. The Labute approximate surface area is 166 Å². The zero-order valence-electron chi connectivity index (χ0n) is 16.7. The number of nitrogens with one attached hydrogen (secondary N) is 1. The predicted octanol–water partition coefficient (Wildman–Crippen LogP) is 2.48. The van der Waals surface area contributed by atoms with Crippen LogP contribution in [0.4, 0.5) is 5.69 Å². The number of rotatable bonds is 8. The molecule has 28 heavy (non-hydrogen) atoms. The average Bonchev–Trinajstić information content (AvgIpc) is 2.66. The van der Waals surface area contributed by atoms with Gasteiger partial charge in [0.15, 0.2) is 0 Å². The lowest BCUT2D eigenvalue weighted by molar-refractivity contribution is -0.122. The molecule has 0 aromatic heterocycles. The smallest absolute Gasteiger partial charge is 0.243 e. The van der Waals surface area contributed by atoms with Crippen molar-refractivity contribution in [2.75, 3.05) is 24.8 Å². The van der Waals surface area contributed by atoms with Gasteiger partial charge in [-0.15, -0.1) is 0 Å². The summed E-state index contributed by atoms with van der Waals surface area (Å²) in [6.45, 7) is 3.82. The van der Waals surface area contributed by atoms with E-state index >= 15 is 0 Å². The Hall–Kier alpha value is -2.74. The standard InChI is InChI=1S/C20H26N2O5S/c1-14-6-8-16(9-7-14)13-21-20(23)15(2)22(28(5,24)25)18-12-17(26-3)10-11-19(18)27-4/h6-12,15H,13H2,1-5H3,(H,21,23)/t15-/m0/s1. The first-order chi connectivity index (χ1) is 13.2. The zero-order valence-corrected chi connectivity index (χ0v) is 17.5. The van der Waals surface area contributed by atoms with E-state index in [2.05, 4.69) is 5.32 Å². The molecule has 2 aromatic carbocycles. The van der Waals surface area contributed by atoms with Gasteiger partial charge in [0.05, 0.1) is 26.2 Å². The molecule has 0 spiro atoms. The number of nitrogens with zero attached hydrogens (tertiary/aromatic N) is 1. The molecule has 2 rings (SSSR count). The van der Waals surface area contributed by atoms with Crippen molar-refractivity contribution >= 4 is 21.6 Å². The van der Waals surface area contributed by atoms with E-state index in [4.69, 9.17) is 9.47 Å². The summed E-state index contributed by atoms with van der Waals surface area (Å²) in [6, 6.07) is 11.5. The lowest BCUT2D eigenvalue weighted by Crippen LogP contribution is -2.47. The van der Waals surface area contributed by atoms with Gasteiger partial charge < -0.3 is 14.8 Å². The third kappa shape index (κ3) is 5.16. The summed E-state index contributed by atoms with van der Waals surface area (Å²) in [6.07, 6.45) is 1.05. The maximum atomic E-state index is 12.7. The molecule has 1 N–H and O–H groups in total. The summed E-state index contributed by atoms with van der Waals surface area (Å²) in [7, 11) is -0.853. The van der Waals surface area contributed by atoms with Gasteiger partial charge in [0.25, 0.3) is 0 Å². The van der Waals surface area contributed by atoms with E-state index < -0.39 is 22.0 Å². The predicted molar refractivity (Wildman–Crippen MR) is 109 cm³/mol. The maximum absolute atomic E-state index is 12.7. The first-order valence-corrected chi connectivity index (χ1v) is 10.6. The normalized spacial score (nSPS) is 12.2. The van der Waals surface area contributed by atoms with Crippen molar-refractivity contribution in [3.05, 3.63) is 53.6 Å². The Bertz CT molecular complexity index is 926. The van der Waals surface area contributed by atoms with Gasteiger partial charge in [-0.25, -0.2) is 8.42 Å². The van der Waals surface area contributed by atoms with E-state index in [1.54, 1.807) is 12.1 Å². The van der Waals surface area contributed by atoms with Crippen LogP contribution in [-0.2, 0) is 21.4 Å². The average molecular weight is 407 g/mol. The number of ether oxygens (including phenoxy) is 2. The lowest BCUT2D eigenvalue weighted by Gasteiger charge is -2.29. The number of carbonyl (C=O) groups excluding carboxylic acids is 1. The quantitative estimate of drug-likeness (QED) is 0.728. The number of anilines is 1. The molecule has 0 radical (unpaired) electrons. The van der Waals surface area contributed by atoms with Crippen LogP contribution in [0.1, 0.15) is 18.1 Å². The van der Waals surface area contributed by atoms with Gasteiger partial charge in [-0.1, -0.05) is 29.8 Å². The van der Waals surface area contributed by atoms with Gasteiger partial charge in [-0.3, -0.25) is 9.10 Å². The molecule has 2 aromatic rings. The van der Waals surface area contributed by atoms with Crippen molar-refractivity contribution in [1.82, 2.24) is 5.32 Å². The molecular weight excluding hydrogens is 380 g/mol. The van der Waals surface area contributed by atoms with E-state index in [1.165, 1.54) is 27.2 Å². The highest BCUT2D eigenvalue weighted by Gasteiger charge is 2.31. The molecule has 0 fully saturated rings. The molecule has 0 heterocycles. The number of amides is 1. The van der Waals surface area contributed by atoms with E-state index in [0.29, 0.717) is 18.0 Å². The summed E-state index contributed by atoms with van der Waals surface area (Å²) in [5.74, 6) is 0.358. The van der Waals surface area contributed by atoms with Crippen LogP contribution >= 0.6 is 0 Å². The van der Waals surface area contributed by atoms with Crippen LogP contribution in [0.3, 0.4) is 0 Å². The highest BCUT2D eigenvalue weighted by molar-refractivity contribution is 7.92. The number of hydrogen-bond acceptors (Lipinski definition) is 5. The molecule has 0 aliphatic heterocycles. The number of hydrogen-bond donors (Lipinski definition) is 1. The van der Waals surface area contributed by atoms with Gasteiger partial charge in [0.1, 0.15) is 17.5 Å². The van der Waals surface area contributed by atoms with Crippen molar-refractivity contribution in [3.63, 3.8) is 0 Å². The molecule has 1 atom stereocenters. The first-order valence-electron chi connectivity index (χ1n) is 8.72. The molecule has 0 unspecified atom stereocenters. The van der Waals surface area contributed by atoms with Gasteiger partial charge in [0.2, 0.25) is 15.9 Å². The van der Waals surface area contributed by atoms with Crippen molar-refractivity contribution in [2.45, 2.75) is 26.4 Å². The highest BCUT2D eigenvalue weighted by atomic mass is 32.2. The Balaban J connectivity index is 2.30. The summed E-state index contributed by atoms with van der Waals surface area (Å²) in [5.41, 5.74) is 2.29. The van der Waals surface area contributed by atoms with Crippen molar-refractivity contribution in [2.24, 2.45) is 0 Å². The van der Waals surface area contributed by atoms with Crippen LogP contribution < -0.4 is 19.1 Å². The van der Waals surface area contributed by atoms with Gasteiger partial charge >= 0.3 is 0 Å².